The molecule has 1 amide bonds. The third kappa shape index (κ3) is 4.97. The fourth-order valence-corrected chi connectivity index (χ4v) is 5.26. The van der Waals surface area contributed by atoms with Crippen molar-refractivity contribution in [2.24, 2.45) is 0 Å². The molecule has 1 atom stereocenters. The lowest BCUT2D eigenvalue weighted by atomic mass is 10.0. The van der Waals surface area contributed by atoms with Gasteiger partial charge in [0.15, 0.2) is 0 Å². The number of amides is 1. The van der Waals surface area contributed by atoms with E-state index in [1.54, 1.807) is 0 Å². The first kappa shape index (κ1) is 22.8. The Morgan fingerprint density at radius 3 is 2.06 bits per heavy atom. The van der Waals surface area contributed by atoms with Crippen molar-refractivity contribution in [2.45, 2.75) is 36.0 Å². The van der Waals surface area contributed by atoms with E-state index in [0.29, 0.717) is 13.1 Å². The minimum Gasteiger partial charge on any atom is -0.352 e. The molecular weight excluding hydrogens is 443 g/mol. The molecule has 2 aliphatic rings. The van der Waals surface area contributed by atoms with Crippen molar-refractivity contribution in [3.05, 3.63) is 65.7 Å². The van der Waals surface area contributed by atoms with Crippen molar-refractivity contribution in [3.63, 3.8) is 0 Å². The number of benzene rings is 2. The highest BCUT2D eigenvalue weighted by Crippen LogP contribution is 2.31. The number of rotatable bonds is 6. The quantitative estimate of drug-likeness (QED) is 0.709. The molecule has 1 aliphatic carbocycles. The maximum Gasteiger partial charge on any atom is 0.416 e. The van der Waals surface area contributed by atoms with Gasteiger partial charge in [-0.1, -0.05) is 30.3 Å². The molecule has 2 fully saturated rings. The lowest BCUT2D eigenvalue weighted by Gasteiger charge is -2.38. The maximum absolute atomic E-state index is 12.9. The average Bonchev–Trinajstić information content (AvgIpc) is 3.58. The van der Waals surface area contributed by atoms with Gasteiger partial charge >= 0.3 is 6.18 Å². The number of carbonyl (C=O) groups excluding carboxylic acids is 1. The second kappa shape index (κ2) is 8.84. The molecule has 0 radical (unpaired) electrons. The summed E-state index contributed by atoms with van der Waals surface area (Å²) in [5.74, 6) is -0.0993. The van der Waals surface area contributed by atoms with Crippen molar-refractivity contribution >= 4 is 15.9 Å². The van der Waals surface area contributed by atoms with Gasteiger partial charge in [0, 0.05) is 32.2 Å². The Morgan fingerprint density at radius 1 is 0.938 bits per heavy atom. The first-order chi connectivity index (χ1) is 15.2. The van der Waals surface area contributed by atoms with Crippen molar-refractivity contribution in [3.8, 4) is 0 Å². The normalized spacial score (nSPS) is 19.5. The number of halogens is 3. The summed E-state index contributed by atoms with van der Waals surface area (Å²) in [4.78, 5) is 14.7. The summed E-state index contributed by atoms with van der Waals surface area (Å²) in [5.41, 5.74) is -0.0571. The van der Waals surface area contributed by atoms with Gasteiger partial charge in [-0.3, -0.25) is 9.69 Å². The Kier molecular flexibility index (Phi) is 6.28. The molecule has 1 saturated heterocycles. The van der Waals surface area contributed by atoms with E-state index in [1.807, 2.05) is 35.2 Å². The average molecular weight is 468 g/mol. The zero-order chi connectivity index (χ0) is 22.9. The van der Waals surface area contributed by atoms with Gasteiger partial charge in [0.25, 0.3) is 0 Å². The molecule has 2 aromatic carbocycles. The van der Waals surface area contributed by atoms with Gasteiger partial charge in [0.2, 0.25) is 15.9 Å². The van der Waals surface area contributed by atoms with E-state index in [1.165, 1.54) is 4.31 Å². The topological polar surface area (TPSA) is 69.7 Å². The largest absolute Gasteiger partial charge is 0.416 e. The van der Waals surface area contributed by atoms with Crippen LogP contribution >= 0.6 is 0 Å². The molecule has 10 heteroatoms. The summed E-state index contributed by atoms with van der Waals surface area (Å²) in [6, 6.07) is 12.5. The van der Waals surface area contributed by atoms with Crippen molar-refractivity contribution in [1.29, 1.82) is 0 Å². The van der Waals surface area contributed by atoms with Gasteiger partial charge in [-0.05, 0) is 42.7 Å². The zero-order valence-corrected chi connectivity index (χ0v) is 18.1. The number of alkyl halides is 3. The molecule has 6 nitrogen and oxygen atoms in total. The summed E-state index contributed by atoms with van der Waals surface area (Å²) in [5, 5.41) is 3.03. The number of nitrogens with one attached hydrogen (secondary N) is 1. The highest BCUT2D eigenvalue weighted by molar-refractivity contribution is 7.89. The monoisotopic (exact) mass is 467 g/mol. The molecule has 172 valence electrons. The highest BCUT2D eigenvalue weighted by atomic mass is 32.2. The maximum atomic E-state index is 12.9. The molecular formula is C22H24F3N3O3S. The first-order valence-corrected chi connectivity index (χ1v) is 11.9. The molecule has 1 heterocycles. The van der Waals surface area contributed by atoms with E-state index in [4.69, 9.17) is 0 Å². The number of sulfonamides is 1. The molecule has 0 spiro atoms. The molecule has 0 unspecified atom stereocenters. The molecule has 32 heavy (non-hydrogen) atoms. The Hall–Kier alpha value is -2.43. The van der Waals surface area contributed by atoms with Crippen LogP contribution in [0.2, 0.25) is 0 Å². The van der Waals surface area contributed by atoms with Crippen molar-refractivity contribution in [1.82, 2.24) is 14.5 Å². The summed E-state index contributed by atoms with van der Waals surface area (Å²) in [6.07, 6.45) is -2.60. The van der Waals surface area contributed by atoms with Crippen molar-refractivity contribution in [2.75, 3.05) is 26.2 Å². The molecule has 1 aliphatic heterocycles. The fourth-order valence-electron chi connectivity index (χ4n) is 3.84. The van der Waals surface area contributed by atoms with Crippen LogP contribution in [-0.2, 0) is 21.0 Å². The minimum absolute atomic E-state index is 0.0993. The molecule has 1 saturated carbocycles. The summed E-state index contributed by atoms with van der Waals surface area (Å²) >= 11 is 0. The van der Waals surface area contributed by atoms with E-state index in [0.717, 1.165) is 42.7 Å². The highest BCUT2D eigenvalue weighted by Gasteiger charge is 2.37. The number of hydrogen-bond acceptors (Lipinski definition) is 4. The van der Waals surface area contributed by atoms with E-state index in [2.05, 4.69) is 5.32 Å². The predicted molar refractivity (Wildman–Crippen MR) is 112 cm³/mol. The van der Waals surface area contributed by atoms with E-state index in [9.17, 15) is 26.4 Å². The predicted octanol–water partition coefficient (Wildman–Crippen LogP) is 3.03. The van der Waals surface area contributed by atoms with Gasteiger partial charge in [-0.15, -0.1) is 0 Å². The Balaban J connectivity index is 1.47. The molecule has 4 rings (SSSR count). The Morgan fingerprint density at radius 2 is 1.53 bits per heavy atom. The number of nitrogens with zero attached hydrogens (tertiary/aromatic N) is 2. The van der Waals surface area contributed by atoms with Crippen molar-refractivity contribution < 1.29 is 26.4 Å². The second-order valence-corrected chi connectivity index (χ2v) is 10.00. The lowest BCUT2D eigenvalue weighted by molar-refractivity contribution is -0.137. The van der Waals surface area contributed by atoms with Crippen LogP contribution in [0.4, 0.5) is 13.2 Å². The van der Waals surface area contributed by atoms with E-state index in [-0.39, 0.29) is 29.9 Å². The van der Waals surface area contributed by atoms with Gasteiger partial charge in [0.05, 0.1) is 10.5 Å². The fraction of sp³-hybridized carbons (Fsp3) is 0.409. The molecule has 0 aromatic heterocycles. The smallest absolute Gasteiger partial charge is 0.352 e. The van der Waals surface area contributed by atoms with Crippen LogP contribution < -0.4 is 5.32 Å². The van der Waals surface area contributed by atoms with Crippen LogP contribution in [0, 0.1) is 0 Å². The summed E-state index contributed by atoms with van der Waals surface area (Å²) in [6.45, 7) is 0.946. The third-order valence-corrected chi connectivity index (χ3v) is 7.66. The zero-order valence-electron chi connectivity index (χ0n) is 17.3. The van der Waals surface area contributed by atoms with Crippen LogP contribution in [0.5, 0.6) is 0 Å². The van der Waals surface area contributed by atoms with Crippen LogP contribution in [0.3, 0.4) is 0 Å². The number of hydrogen-bond donors (Lipinski definition) is 1. The number of piperazine rings is 1. The molecule has 0 bridgehead atoms. The lowest BCUT2D eigenvalue weighted by Crippen LogP contribution is -2.52. The van der Waals surface area contributed by atoms with Gasteiger partial charge < -0.3 is 5.32 Å². The minimum atomic E-state index is -4.53. The second-order valence-electron chi connectivity index (χ2n) is 8.06. The first-order valence-electron chi connectivity index (χ1n) is 10.4. The standard InChI is InChI=1S/C22H24F3N3O3S/c23-22(24,25)17-6-10-19(11-7-17)32(30,31)28-14-12-27(13-15-28)20(16-4-2-1-3-5-16)21(29)26-18-8-9-18/h1-7,10-11,18,20H,8-9,12-15H2,(H,26,29)/t20-/m0/s1. The van der Waals surface area contributed by atoms with Gasteiger partial charge in [-0.25, -0.2) is 8.42 Å². The van der Waals surface area contributed by atoms with Crippen LogP contribution in [0.25, 0.3) is 0 Å². The molecule has 1 N–H and O–H groups in total. The van der Waals surface area contributed by atoms with Crippen LogP contribution in [0.1, 0.15) is 30.0 Å². The summed E-state index contributed by atoms with van der Waals surface area (Å²) < 4.78 is 65.5. The van der Waals surface area contributed by atoms with Crippen LogP contribution in [-0.4, -0.2) is 55.8 Å². The number of carbonyl (C=O) groups is 1. The van der Waals surface area contributed by atoms with E-state index >= 15 is 0 Å². The van der Waals surface area contributed by atoms with Crippen LogP contribution in [0.15, 0.2) is 59.5 Å². The SMILES string of the molecule is O=C(NC1CC1)[C@H](c1ccccc1)N1CCN(S(=O)(=O)c2ccc(C(F)(F)F)cc2)CC1. The Bertz CT molecular complexity index is 1050. The van der Waals surface area contributed by atoms with Gasteiger partial charge in [-0.2, -0.15) is 17.5 Å². The van der Waals surface area contributed by atoms with E-state index < -0.39 is 27.8 Å². The Labute approximate surface area is 185 Å². The summed E-state index contributed by atoms with van der Waals surface area (Å²) in [7, 11) is -3.93. The van der Waals surface area contributed by atoms with Gasteiger partial charge in [0.1, 0.15) is 6.04 Å². The third-order valence-electron chi connectivity index (χ3n) is 5.75. The molecule has 2 aromatic rings.